The molecule has 6 heteroatoms. The van der Waals surface area contributed by atoms with Crippen molar-refractivity contribution in [2.45, 2.75) is 32.0 Å². The quantitative estimate of drug-likeness (QED) is 0.555. The van der Waals surface area contributed by atoms with Gasteiger partial charge in [0.05, 0.1) is 0 Å². The van der Waals surface area contributed by atoms with Crippen LogP contribution in [0.4, 0.5) is 4.39 Å². The number of nitrogens with zero attached hydrogens (tertiary/aromatic N) is 2. The van der Waals surface area contributed by atoms with Crippen LogP contribution in [0.2, 0.25) is 0 Å². The third-order valence-electron chi connectivity index (χ3n) is 4.88. The summed E-state index contributed by atoms with van der Waals surface area (Å²) in [5, 5.41) is 6.68. The van der Waals surface area contributed by atoms with E-state index < -0.39 is 0 Å². The van der Waals surface area contributed by atoms with Crippen molar-refractivity contribution in [3.05, 3.63) is 69.9 Å². The van der Waals surface area contributed by atoms with Crippen molar-refractivity contribution in [1.82, 2.24) is 15.5 Å². The molecule has 1 saturated heterocycles. The number of nitrogens with one attached hydrogen (secondary N) is 2. The van der Waals surface area contributed by atoms with Crippen LogP contribution in [0.1, 0.15) is 24.0 Å². The maximum Gasteiger partial charge on any atom is 0.191 e. The van der Waals surface area contributed by atoms with Gasteiger partial charge < -0.3 is 10.6 Å². The highest BCUT2D eigenvalue weighted by molar-refractivity contribution is 9.10. The van der Waals surface area contributed by atoms with Crippen molar-refractivity contribution in [3.8, 4) is 0 Å². The van der Waals surface area contributed by atoms with E-state index in [1.807, 2.05) is 6.07 Å². The molecule has 2 aromatic rings. The van der Waals surface area contributed by atoms with Crippen LogP contribution < -0.4 is 10.6 Å². The molecule has 0 radical (unpaired) electrons. The third kappa shape index (κ3) is 6.04. The summed E-state index contributed by atoms with van der Waals surface area (Å²) in [6.45, 7) is 3.52. The smallest absolute Gasteiger partial charge is 0.191 e. The van der Waals surface area contributed by atoms with E-state index in [1.165, 1.54) is 11.6 Å². The van der Waals surface area contributed by atoms with Gasteiger partial charge in [-0.25, -0.2) is 4.39 Å². The van der Waals surface area contributed by atoms with Gasteiger partial charge in [-0.2, -0.15) is 0 Å². The van der Waals surface area contributed by atoms with Crippen LogP contribution >= 0.6 is 15.9 Å². The summed E-state index contributed by atoms with van der Waals surface area (Å²) >= 11 is 3.48. The Morgan fingerprint density at radius 3 is 2.52 bits per heavy atom. The Hall–Kier alpha value is -1.92. The van der Waals surface area contributed by atoms with E-state index in [4.69, 9.17) is 0 Å². The summed E-state index contributed by atoms with van der Waals surface area (Å²) in [7, 11) is 1.75. The summed E-state index contributed by atoms with van der Waals surface area (Å²) in [6.07, 6.45) is 2.13. The fourth-order valence-corrected chi connectivity index (χ4v) is 3.56. The van der Waals surface area contributed by atoms with E-state index in [1.54, 1.807) is 19.2 Å². The van der Waals surface area contributed by atoms with E-state index in [0.717, 1.165) is 42.9 Å². The van der Waals surface area contributed by atoms with Crippen LogP contribution in [0, 0.1) is 5.82 Å². The largest absolute Gasteiger partial charge is 0.354 e. The zero-order valence-electron chi connectivity index (χ0n) is 15.6. The summed E-state index contributed by atoms with van der Waals surface area (Å²) in [5.41, 5.74) is 1.98. The van der Waals surface area contributed by atoms with Crippen LogP contribution in [0.25, 0.3) is 0 Å². The molecule has 0 aromatic heterocycles. The lowest BCUT2D eigenvalue weighted by Gasteiger charge is -2.33. The van der Waals surface area contributed by atoms with Crippen molar-refractivity contribution in [2.24, 2.45) is 4.99 Å². The number of hydrogen-bond donors (Lipinski definition) is 2. The first kappa shape index (κ1) is 19.8. The van der Waals surface area contributed by atoms with E-state index in [9.17, 15) is 4.39 Å². The SMILES string of the molecule is CN=C(NCc1ccccc1F)NC1CCN(Cc2ccc(Br)cc2)CC1. The Bertz CT molecular complexity index is 755. The van der Waals surface area contributed by atoms with Crippen LogP contribution in [0.5, 0.6) is 0 Å². The van der Waals surface area contributed by atoms with Gasteiger partial charge in [0.2, 0.25) is 0 Å². The molecule has 144 valence electrons. The molecule has 0 saturated carbocycles. The Morgan fingerprint density at radius 1 is 1.15 bits per heavy atom. The molecule has 0 atom stereocenters. The lowest BCUT2D eigenvalue weighted by Crippen LogP contribution is -2.48. The van der Waals surface area contributed by atoms with Gasteiger partial charge in [-0.1, -0.05) is 46.3 Å². The topological polar surface area (TPSA) is 39.7 Å². The Balaban J connectivity index is 1.43. The van der Waals surface area contributed by atoms with Crippen LogP contribution in [0.3, 0.4) is 0 Å². The number of benzene rings is 2. The number of guanidine groups is 1. The van der Waals surface area contributed by atoms with Crippen molar-refractivity contribution >= 4 is 21.9 Å². The fraction of sp³-hybridized carbons (Fsp3) is 0.381. The van der Waals surface area contributed by atoms with Crippen molar-refractivity contribution in [1.29, 1.82) is 0 Å². The zero-order chi connectivity index (χ0) is 19.1. The Kier molecular flexibility index (Phi) is 7.24. The molecule has 3 rings (SSSR count). The second kappa shape index (κ2) is 9.85. The third-order valence-corrected chi connectivity index (χ3v) is 5.40. The molecule has 4 nitrogen and oxygen atoms in total. The maximum absolute atomic E-state index is 13.7. The molecule has 0 bridgehead atoms. The monoisotopic (exact) mass is 432 g/mol. The van der Waals surface area contributed by atoms with Gasteiger partial charge in [0.15, 0.2) is 5.96 Å². The molecule has 2 aromatic carbocycles. The minimum atomic E-state index is -0.193. The van der Waals surface area contributed by atoms with Crippen LogP contribution in [-0.2, 0) is 13.1 Å². The van der Waals surface area contributed by atoms with E-state index in [2.05, 4.69) is 60.7 Å². The number of hydrogen-bond acceptors (Lipinski definition) is 2. The standard InChI is InChI=1S/C21H26BrFN4/c1-24-21(25-14-17-4-2-3-5-20(17)23)26-19-10-12-27(13-11-19)15-16-6-8-18(22)9-7-16/h2-9,19H,10-15H2,1H3,(H2,24,25,26). The first-order valence-corrected chi connectivity index (χ1v) is 10.1. The van der Waals surface area contributed by atoms with Gasteiger partial charge in [-0.3, -0.25) is 9.89 Å². The molecular weight excluding hydrogens is 407 g/mol. The average Bonchev–Trinajstić information content (AvgIpc) is 2.69. The number of halogens is 2. The average molecular weight is 433 g/mol. The minimum absolute atomic E-state index is 0.193. The van der Waals surface area contributed by atoms with Crippen molar-refractivity contribution < 1.29 is 4.39 Å². The zero-order valence-corrected chi connectivity index (χ0v) is 17.2. The van der Waals surface area contributed by atoms with Crippen molar-refractivity contribution in [2.75, 3.05) is 20.1 Å². The molecule has 0 unspecified atom stereocenters. The Morgan fingerprint density at radius 2 is 1.85 bits per heavy atom. The molecule has 1 fully saturated rings. The van der Waals surface area contributed by atoms with Gasteiger partial charge in [0.25, 0.3) is 0 Å². The summed E-state index contributed by atoms with van der Waals surface area (Å²) in [6, 6.07) is 15.7. The van der Waals surface area contributed by atoms with Crippen LogP contribution in [-0.4, -0.2) is 37.0 Å². The lowest BCUT2D eigenvalue weighted by atomic mass is 10.0. The molecule has 2 N–H and O–H groups in total. The first-order chi connectivity index (χ1) is 13.1. The number of aliphatic imine (C=N–C) groups is 1. The lowest BCUT2D eigenvalue weighted by molar-refractivity contribution is 0.198. The van der Waals surface area contributed by atoms with Gasteiger partial charge in [-0.15, -0.1) is 0 Å². The normalized spacial score (nSPS) is 16.3. The van der Waals surface area contributed by atoms with Gasteiger partial charge in [0, 0.05) is 49.3 Å². The molecule has 1 aliphatic rings. The molecule has 0 amide bonds. The van der Waals surface area contributed by atoms with E-state index >= 15 is 0 Å². The molecule has 1 aliphatic heterocycles. The summed E-state index contributed by atoms with van der Waals surface area (Å²) in [4.78, 5) is 6.76. The first-order valence-electron chi connectivity index (χ1n) is 9.31. The predicted molar refractivity (Wildman–Crippen MR) is 112 cm³/mol. The highest BCUT2D eigenvalue weighted by Gasteiger charge is 2.20. The fourth-order valence-electron chi connectivity index (χ4n) is 3.29. The number of rotatable bonds is 5. The predicted octanol–water partition coefficient (Wildman–Crippen LogP) is 3.92. The molecular formula is C21H26BrFN4. The van der Waals surface area contributed by atoms with E-state index in [-0.39, 0.29) is 5.82 Å². The summed E-state index contributed by atoms with van der Waals surface area (Å²) in [5.74, 6) is 0.534. The molecule has 0 aliphatic carbocycles. The molecule has 1 heterocycles. The molecule has 0 spiro atoms. The second-order valence-electron chi connectivity index (χ2n) is 6.84. The summed E-state index contributed by atoms with van der Waals surface area (Å²) < 4.78 is 14.9. The van der Waals surface area contributed by atoms with Gasteiger partial charge in [-0.05, 0) is 36.6 Å². The minimum Gasteiger partial charge on any atom is -0.354 e. The molecule has 27 heavy (non-hydrogen) atoms. The Labute approximate surface area is 169 Å². The second-order valence-corrected chi connectivity index (χ2v) is 7.75. The van der Waals surface area contributed by atoms with Crippen LogP contribution in [0.15, 0.2) is 58.0 Å². The number of likely N-dealkylation sites (tertiary alicyclic amines) is 1. The number of piperidine rings is 1. The highest BCUT2D eigenvalue weighted by atomic mass is 79.9. The van der Waals surface area contributed by atoms with E-state index in [0.29, 0.717) is 18.2 Å². The highest BCUT2D eigenvalue weighted by Crippen LogP contribution is 2.16. The maximum atomic E-state index is 13.7. The van der Waals surface area contributed by atoms with Crippen molar-refractivity contribution in [3.63, 3.8) is 0 Å². The van der Waals surface area contributed by atoms with Gasteiger partial charge in [0.1, 0.15) is 5.82 Å². The van der Waals surface area contributed by atoms with Gasteiger partial charge >= 0.3 is 0 Å².